The average molecular weight is 616 g/mol. The second-order valence-electron chi connectivity index (χ2n) is 10.0. The topological polar surface area (TPSA) is 201 Å². The highest BCUT2D eigenvalue weighted by molar-refractivity contribution is 7.92. The van der Waals surface area contributed by atoms with Gasteiger partial charge in [0.1, 0.15) is 6.26 Å². The van der Waals surface area contributed by atoms with E-state index in [1.165, 1.54) is 42.7 Å². The Morgan fingerprint density at radius 2 is 1.88 bits per heavy atom. The molecule has 14 nitrogen and oxygen atoms in total. The summed E-state index contributed by atoms with van der Waals surface area (Å²) >= 11 is 0. The second kappa shape index (κ2) is 13.6. The molecule has 0 fully saturated rings. The van der Waals surface area contributed by atoms with Gasteiger partial charge in [0.25, 0.3) is 0 Å². The zero-order valence-corrected chi connectivity index (χ0v) is 24.2. The molecule has 0 spiro atoms. The Labute approximate surface area is 237 Å². The number of sulfone groups is 1. The standard InChI is InChI=1S/C25H34N3O11PS/c1-18(17-41(36,37)23-10-8-21(9-11-23)28(31)32)15-26(22-12-13-38-16-22)27(25(29)30)24(19(2)39-40(33,34)35)14-20-6-4-3-5-7-20/h3-8,10,12-13,16,18-19,21,23-24H,9,11,14-15,17H2,1-2H3,(H,29,30)(H2,33,34,35)/t18?,19-,21?,23?,24+/m1/s1. The lowest BCUT2D eigenvalue weighted by Crippen LogP contribution is -2.58. The Morgan fingerprint density at radius 3 is 2.39 bits per heavy atom. The monoisotopic (exact) mass is 615 g/mol. The fourth-order valence-electron chi connectivity index (χ4n) is 4.86. The number of nitrogens with zero attached hydrogens (tertiary/aromatic N) is 3. The van der Waals surface area contributed by atoms with Gasteiger partial charge in [-0.3, -0.25) is 19.6 Å². The molecule has 2 aromatic rings. The summed E-state index contributed by atoms with van der Waals surface area (Å²) in [4.78, 5) is 42.3. The third kappa shape index (κ3) is 9.13. The van der Waals surface area contributed by atoms with E-state index in [0.29, 0.717) is 5.56 Å². The molecule has 1 aromatic carbocycles. The maximum absolute atomic E-state index is 13.2. The molecule has 16 heteroatoms. The van der Waals surface area contributed by atoms with Crippen molar-refractivity contribution >= 4 is 29.4 Å². The second-order valence-corrected chi connectivity index (χ2v) is 13.5. The van der Waals surface area contributed by atoms with Gasteiger partial charge in [0.05, 0.1) is 35.1 Å². The normalized spacial score (nSPS) is 19.7. The number of anilines is 1. The van der Waals surface area contributed by atoms with Crippen molar-refractivity contribution in [2.24, 2.45) is 5.92 Å². The lowest BCUT2D eigenvalue weighted by atomic mass is 10.0. The van der Waals surface area contributed by atoms with Crippen molar-refractivity contribution in [3.63, 3.8) is 0 Å². The summed E-state index contributed by atoms with van der Waals surface area (Å²) in [6.45, 7) is 2.84. The fraction of sp³-hybridized carbons (Fsp3) is 0.480. The van der Waals surface area contributed by atoms with Crippen molar-refractivity contribution in [2.45, 2.75) is 56.5 Å². The number of hydrazine groups is 1. The van der Waals surface area contributed by atoms with Crippen molar-refractivity contribution in [2.75, 3.05) is 17.3 Å². The Balaban J connectivity index is 1.92. The smallest absolute Gasteiger partial charge is 0.469 e. The molecule has 0 saturated carbocycles. The zero-order chi connectivity index (χ0) is 30.4. The Bertz CT molecular complexity index is 1350. The van der Waals surface area contributed by atoms with Crippen LogP contribution in [0.5, 0.6) is 0 Å². The number of hydrogen-bond acceptors (Lipinski definition) is 9. The Morgan fingerprint density at radius 1 is 1.20 bits per heavy atom. The van der Waals surface area contributed by atoms with E-state index in [1.54, 1.807) is 37.3 Å². The van der Waals surface area contributed by atoms with Gasteiger partial charge in [-0.05, 0) is 37.3 Å². The molecular formula is C25H34N3O11PS. The molecule has 0 radical (unpaired) electrons. The van der Waals surface area contributed by atoms with Crippen LogP contribution in [0, 0.1) is 16.0 Å². The first-order chi connectivity index (χ1) is 19.2. The molecule has 0 aliphatic heterocycles. The van der Waals surface area contributed by atoms with E-state index >= 15 is 0 Å². The number of amides is 1. The lowest BCUT2D eigenvalue weighted by Gasteiger charge is -2.42. The molecule has 0 bridgehead atoms. The molecule has 5 atom stereocenters. The first-order valence-electron chi connectivity index (χ1n) is 12.8. The van der Waals surface area contributed by atoms with Gasteiger partial charge in [-0.25, -0.2) is 22.8 Å². The van der Waals surface area contributed by atoms with Gasteiger partial charge in [-0.15, -0.1) is 0 Å². The van der Waals surface area contributed by atoms with Crippen LogP contribution in [0.3, 0.4) is 0 Å². The van der Waals surface area contributed by atoms with E-state index < -0.39 is 58.0 Å². The SMILES string of the molecule is CC(CN(c1ccoc1)N(C(=O)O)[C@@H](Cc1ccccc1)[C@@H](C)OP(=O)(O)O)CS(=O)(=O)C1C=CC([N+](=O)[O-])CC1. The highest BCUT2D eigenvalue weighted by Gasteiger charge is 2.39. The van der Waals surface area contributed by atoms with Gasteiger partial charge in [0, 0.05) is 24.0 Å². The average Bonchev–Trinajstić information content (AvgIpc) is 3.42. The summed E-state index contributed by atoms with van der Waals surface area (Å²) in [6.07, 6.45) is 2.65. The maximum Gasteiger partial charge on any atom is 0.469 e. The number of phosphoric acid groups is 1. The predicted octanol–water partition coefficient (Wildman–Crippen LogP) is 3.50. The zero-order valence-electron chi connectivity index (χ0n) is 22.5. The van der Waals surface area contributed by atoms with Crippen LogP contribution < -0.4 is 5.01 Å². The van der Waals surface area contributed by atoms with Gasteiger partial charge in [0.15, 0.2) is 9.84 Å². The van der Waals surface area contributed by atoms with Gasteiger partial charge >= 0.3 is 13.9 Å². The number of carboxylic acid groups (broad SMARTS) is 1. The minimum absolute atomic E-state index is 0.0137. The van der Waals surface area contributed by atoms with E-state index in [2.05, 4.69) is 0 Å². The van der Waals surface area contributed by atoms with Crippen molar-refractivity contribution < 1.29 is 46.5 Å². The summed E-state index contributed by atoms with van der Waals surface area (Å²) in [5, 5.41) is 22.7. The van der Waals surface area contributed by atoms with Gasteiger partial charge in [0.2, 0.25) is 6.04 Å². The van der Waals surface area contributed by atoms with Crippen molar-refractivity contribution in [3.8, 4) is 0 Å². The van der Waals surface area contributed by atoms with Crippen molar-refractivity contribution in [1.82, 2.24) is 5.01 Å². The van der Waals surface area contributed by atoms with Gasteiger partial charge in [-0.2, -0.15) is 0 Å². The molecule has 1 aliphatic carbocycles. The highest BCUT2D eigenvalue weighted by atomic mass is 32.2. The minimum atomic E-state index is -5.01. The van der Waals surface area contributed by atoms with Crippen molar-refractivity contribution in [1.29, 1.82) is 0 Å². The number of hydrogen-bond donors (Lipinski definition) is 3. The quantitative estimate of drug-likeness (QED) is 0.121. The number of furan rings is 1. The molecule has 3 N–H and O–H groups in total. The predicted molar refractivity (Wildman–Crippen MR) is 148 cm³/mol. The first-order valence-corrected chi connectivity index (χ1v) is 16.1. The number of benzene rings is 1. The van der Waals surface area contributed by atoms with Crippen LogP contribution in [0.1, 0.15) is 32.3 Å². The van der Waals surface area contributed by atoms with Crippen LogP contribution in [0.25, 0.3) is 0 Å². The number of nitro groups is 1. The Kier molecular flexibility index (Phi) is 10.7. The summed E-state index contributed by atoms with van der Waals surface area (Å²) in [6, 6.07) is 8.10. The molecule has 3 unspecified atom stereocenters. The molecular weight excluding hydrogens is 581 g/mol. The number of rotatable bonds is 14. The van der Waals surface area contributed by atoms with E-state index in [9.17, 15) is 42.8 Å². The molecule has 1 amide bonds. The number of phosphoric ester groups is 1. The third-order valence-electron chi connectivity index (χ3n) is 6.74. The molecule has 1 aliphatic rings. The number of carbonyl (C=O) groups is 1. The first kappa shape index (κ1) is 32.3. The van der Waals surface area contributed by atoms with E-state index in [4.69, 9.17) is 8.94 Å². The molecule has 3 rings (SSSR count). The van der Waals surface area contributed by atoms with Crippen LogP contribution in [-0.2, 0) is 25.3 Å². The van der Waals surface area contributed by atoms with Crippen LogP contribution in [0.4, 0.5) is 10.5 Å². The fourth-order valence-corrected chi connectivity index (χ4v) is 7.41. The van der Waals surface area contributed by atoms with Gasteiger partial charge in [-0.1, -0.05) is 43.3 Å². The highest BCUT2D eigenvalue weighted by Crippen LogP contribution is 2.39. The summed E-state index contributed by atoms with van der Waals surface area (Å²) in [5.41, 5.74) is 0.939. The van der Waals surface area contributed by atoms with Crippen LogP contribution in [-0.4, -0.2) is 75.1 Å². The maximum atomic E-state index is 13.2. The summed E-state index contributed by atoms with van der Waals surface area (Å²) in [5.74, 6) is -0.987. The largest absolute Gasteiger partial charge is 0.470 e. The lowest BCUT2D eigenvalue weighted by molar-refractivity contribution is -0.510. The van der Waals surface area contributed by atoms with Crippen LogP contribution >= 0.6 is 7.82 Å². The molecule has 0 saturated heterocycles. The van der Waals surface area contributed by atoms with E-state index in [1.807, 2.05) is 0 Å². The molecule has 226 valence electrons. The van der Waals surface area contributed by atoms with Crippen LogP contribution in [0.15, 0.2) is 65.5 Å². The molecule has 41 heavy (non-hydrogen) atoms. The Hall–Kier alpha value is -3.23. The minimum Gasteiger partial charge on any atom is -0.470 e. The summed E-state index contributed by atoms with van der Waals surface area (Å²) < 4.78 is 48.2. The molecule has 1 heterocycles. The van der Waals surface area contributed by atoms with E-state index in [0.717, 1.165) is 5.01 Å². The van der Waals surface area contributed by atoms with Crippen molar-refractivity contribution in [3.05, 3.63) is 76.8 Å². The van der Waals surface area contributed by atoms with Gasteiger partial charge < -0.3 is 19.3 Å². The summed E-state index contributed by atoms with van der Waals surface area (Å²) in [7, 11) is -8.76. The van der Waals surface area contributed by atoms with E-state index in [-0.39, 0.29) is 37.2 Å². The molecule has 1 aromatic heterocycles. The van der Waals surface area contributed by atoms with Crippen LogP contribution in [0.2, 0.25) is 0 Å². The third-order valence-corrected chi connectivity index (χ3v) is 9.69.